The number of hydrogen-bond donors (Lipinski definition) is 0. The Morgan fingerprint density at radius 1 is 0.595 bits per heavy atom. The molecule has 4 heteroatoms. The van der Waals surface area contributed by atoms with Crippen LogP contribution in [-0.4, -0.2) is 25.8 Å². The van der Waals surface area contributed by atoms with Crippen molar-refractivity contribution in [2.24, 2.45) is 0 Å². The third-order valence-corrected chi connectivity index (χ3v) is 8.00. The smallest absolute Gasteiger partial charge is 0.207 e. The summed E-state index contributed by atoms with van der Waals surface area (Å²) in [6.07, 6.45) is 0. The molecule has 0 unspecified atom stereocenters. The van der Waals surface area contributed by atoms with Crippen molar-refractivity contribution in [1.82, 2.24) is 4.31 Å². The van der Waals surface area contributed by atoms with Crippen molar-refractivity contribution in [2.45, 2.75) is 11.8 Å². The highest BCUT2D eigenvalue weighted by Crippen LogP contribution is 2.20. The Bertz CT molecular complexity index is 1710. The van der Waals surface area contributed by atoms with Gasteiger partial charge in [-0.2, -0.15) is 4.31 Å². The van der Waals surface area contributed by atoms with Crippen LogP contribution in [0, 0.1) is 30.6 Å². The zero-order valence-electron chi connectivity index (χ0n) is 20.5. The van der Waals surface area contributed by atoms with Crippen LogP contribution in [0.15, 0.2) is 114 Å². The van der Waals surface area contributed by atoms with Crippen LogP contribution in [0.4, 0.5) is 0 Å². The van der Waals surface area contributed by atoms with E-state index in [0.29, 0.717) is 0 Å². The SMILES string of the molecule is Cc1ccc(S(=O)(=O)N(CC#Cc2cccc3ccccc23)CC#Cc2cccc3ccccc23)cc1. The molecule has 5 aromatic carbocycles. The van der Waals surface area contributed by atoms with Gasteiger partial charge < -0.3 is 0 Å². The van der Waals surface area contributed by atoms with Crippen LogP contribution in [0.25, 0.3) is 21.5 Å². The molecule has 0 aliphatic heterocycles. The highest BCUT2D eigenvalue weighted by atomic mass is 32.2. The molecule has 0 heterocycles. The van der Waals surface area contributed by atoms with Crippen LogP contribution in [0.2, 0.25) is 0 Å². The Balaban J connectivity index is 1.47. The summed E-state index contributed by atoms with van der Waals surface area (Å²) >= 11 is 0. The average Bonchev–Trinajstić information content (AvgIpc) is 2.92. The Labute approximate surface area is 218 Å². The lowest BCUT2D eigenvalue weighted by atomic mass is 10.1. The molecular formula is C33H25NO2S. The number of sulfonamides is 1. The fourth-order valence-corrected chi connectivity index (χ4v) is 5.45. The molecule has 0 spiro atoms. The number of nitrogens with zero attached hydrogens (tertiary/aromatic N) is 1. The Morgan fingerprint density at radius 2 is 1.05 bits per heavy atom. The van der Waals surface area contributed by atoms with E-state index < -0.39 is 10.0 Å². The summed E-state index contributed by atoms with van der Waals surface area (Å²) in [7, 11) is -3.78. The molecule has 180 valence electrons. The largest absolute Gasteiger partial charge is 0.244 e. The molecule has 0 N–H and O–H groups in total. The molecular weight excluding hydrogens is 474 g/mol. The van der Waals surface area contributed by atoms with Gasteiger partial charge in [0.2, 0.25) is 10.0 Å². The first kappa shape index (κ1) is 24.3. The maximum absolute atomic E-state index is 13.5. The van der Waals surface area contributed by atoms with Gasteiger partial charge in [0.25, 0.3) is 0 Å². The topological polar surface area (TPSA) is 37.4 Å². The number of benzene rings is 5. The molecule has 0 aliphatic rings. The van der Waals surface area contributed by atoms with Crippen LogP contribution in [0.3, 0.4) is 0 Å². The second-order valence-corrected chi connectivity index (χ2v) is 10.7. The normalized spacial score (nSPS) is 11.1. The van der Waals surface area contributed by atoms with Crippen LogP contribution in [0.1, 0.15) is 16.7 Å². The lowest BCUT2D eigenvalue weighted by molar-refractivity contribution is 0.482. The molecule has 5 aromatic rings. The molecule has 0 aliphatic carbocycles. The molecule has 0 atom stereocenters. The van der Waals surface area contributed by atoms with Crippen molar-refractivity contribution in [1.29, 1.82) is 0 Å². The van der Waals surface area contributed by atoms with Crippen molar-refractivity contribution < 1.29 is 8.42 Å². The molecule has 37 heavy (non-hydrogen) atoms. The average molecular weight is 500 g/mol. The Morgan fingerprint density at radius 3 is 1.57 bits per heavy atom. The van der Waals surface area contributed by atoms with E-state index >= 15 is 0 Å². The van der Waals surface area contributed by atoms with Gasteiger partial charge in [0.15, 0.2) is 0 Å². The lowest BCUT2D eigenvalue weighted by Crippen LogP contribution is -2.32. The van der Waals surface area contributed by atoms with E-state index in [1.807, 2.05) is 91.9 Å². The van der Waals surface area contributed by atoms with E-state index in [2.05, 4.69) is 23.7 Å². The standard InChI is InChI=1S/C33H25NO2S/c1-26-20-22-31(23-21-26)37(35,36)34(24-8-16-29-14-6-12-27-10-2-4-18-32(27)29)25-9-17-30-15-7-13-28-11-3-5-19-33(28)30/h2-7,10-15,18-23H,24-25H2,1H3. The molecule has 0 amide bonds. The maximum atomic E-state index is 13.5. The van der Waals surface area contributed by atoms with Crippen LogP contribution < -0.4 is 0 Å². The van der Waals surface area contributed by atoms with E-state index in [-0.39, 0.29) is 18.0 Å². The third kappa shape index (κ3) is 5.42. The van der Waals surface area contributed by atoms with E-state index in [0.717, 1.165) is 38.2 Å². The highest BCUT2D eigenvalue weighted by molar-refractivity contribution is 7.89. The minimum atomic E-state index is -3.78. The Kier molecular flexibility index (Phi) is 7.06. The first-order valence-corrected chi connectivity index (χ1v) is 13.5. The van der Waals surface area contributed by atoms with Gasteiger partial charge in [-0.1, -0.05) is 114 Å². The fraction of sp³-hybridized carbons (Fsp3) is 0.0909. The highest BCUT2D eigenvalue weighted by Gasteiger charge is 2.23. The molecule has 0 saturated heterocycles. The molecule has 5 rings (SSSR count). The molecule has 0 fully saturated rings. The predicted molar refractivity (Wildman–Crippen MR) is 152 cm³/mol. The van der Waals surface area contributed by atoms with Crippen LogP contribution in [-0.2, 0) is 10.0 Å². The number of rotatable bonds is 4. The zero-order valence-corrected chi connectivity index (χ0v) is 21.3. The molecule has 0 bridgehead atoms. The van der Waals surface area contributed by atoms with Gasteiger partial charge in [-0.05, 0) is 52.7 Å². The summed E-state index contributed by atoms with van der Waals surface area (Å²) < 4.78 is 28.4. The quantitative estimate of drug-likeness (QED) is 0.269. The minimum Gasteiger partial charge on any atom is -0.207 e. The molecule has 0 aromatic heterocycles. The first-order valence-electron chi connectivity index (χ1n) is 12.0. The fourth-order valence-electron chi connectivity index (χ4n) is 4.20. The summed E-state index contributed by atoms with van der Waals surface area (Å²) in [4.78, 5) is 0.233. The van der Waals surface area contributed by atoms with Gasteiger partial charge >= 0.3 is 0 Å². The molecule has 0 radical (unpaired) electrons. The van der Waals surface area contributed by atoms with Crippen molar-refractivity contribution in [3.8, 4) is 23.7 Å². The predicted octanol–water partition coefficient (Wildman–Crippen LogP) is 6.40. The number of fused-ring (bicyclic) bond motifs is 2. The summed E-state index contributed by atoms with van der Waals surface area (Å²) in [5.41, 5.74) is 2.73. The van der Waals surface area contributed by atoms with Gasteiger partial charge in [0.1, 0.15) is 0 Å². The van der Waals surface area contributed by atoms with Gasteiger partial charge in [-0.3, -0.25) is 0 Å². The number of hydrogen-bond acceptors (Lipinski definition) is 2. The van der Waals surface area contributed by atoms with Gasteiger partial charge in [-0.15, -0.1) is 0 Å². The monoisotopic (exact) mass is 499 g/mol. The van der Waals surface area contributed by atoms with Gasteiger partial charge in [-0.25, -0.2) is 8.42 Å². The number of aryl methyl sites for hydroxylation is 1. The van der Waals surface area contributed by atoms with Crippen molar-refractivity contribution in [3.05, 3.63) is 126 Å². The minimum absolute atomic E-state index is 0.0314. The van der Waals surface area contributed by atoms with E-state index in [9.17, 15) is 8.42 Å². The van der Waals surface area contributed by atoms with Crippen molar-refractivity contribution >= 4 is 31.6 Å². The van der Waals surface area contributed by atoms with E-state index in [4.69, 9.17) is 0 Å². The summed E-state index contributed by atoms with van der Waals surface area (Å²) in [6, 6.07) is 34.8. The second kappa shape index (κ2) is 10.7. The molecule has 0 saturated carbocycles. The zero-order chi connectivity index (χ0) is 25.7. The molecule has 3 nitrogen and oxygen atoms in total. The first-order chi connectivity index (χ1) is 18.0. The summed E-state index contributed by atoms with van der Waals surface area (Å²) in [5, 5.41) is 4.28. The lowest BCUT2D eigenvalue weighted by Gasteiger charge is -2.17. The summed E-state index contributed by atoms with van der Waals surface area (Å²) in [5.74, 6) is 12.5. The summed E-state index contributed by atoms with van der Waals surface area (Å²) in [6.45, 7) is 1.99. The van der Waals surface area contributed by atoms with Crippen molar-refractivity contribution in [3.63, 3.8) is 0 Å². The van der Waals surface area contributed by atoms with Gasteiger partial charge in [0.05, 0.1) is 18.0 Å². The van der Waals surface area contributed by atoms with Crippen LogP contribution >= 0.6 is 0 Å². The van der Waals surface area contributed by atoms with Gasteiger partial charge in [0, 0.05) is 11.1 Å². The van der Waals surface area contributed by atoms with Crippen molar-refractivity contribution in [2.75, 3.05) is 13.1 Å². The van der Waals surface area contributed by atoms with E-state index in [1.165, 1.54) is 4.31 Å². The third-order valence-electron chi connectivity index (χ3n) is 6.19. The Hall–Kier alpha value is -4.35. The maximum Gasteiger partial charge on any atom is 0.244 e. The second-order valence-electron chi connectivity index (χ2n) is 8.74. The van der Waals surface area contributed by atoms with E-state index in [1.54, 1.807) is 24.3 Å². The van der Waals surface area contributed by atoms with Crippen LogP contribution in [0.5, 0.6) is 0 Å².